The molecule has 7 heteroatoms. The van der Waals surface area contributed by atoms with Crippen LogP contribution in [0, 0.1) is 6.92 Å². The topological polar surface area (TPSA) is 68.5 Å². The van der Waals surface area contributed by atoms with Crippen LogP contribution in [0.25, 0.3) is 11.4 Å². The van der Waals surface area contributed by atoms with Crippen molar-refractivity contribution in [3.8, 4) is 17.1 Å². The van der Waals surface area contributed by atoms with Crippen LogP contribution in [0.2, 0.25) is 0 Å². The Morgan fingerprint density at radius 2 is 1.97 bits per heavy atom. The summed E-state index contributed by atoms with van der Waals surface area (Å²) in [7, 11) is 1.70. The first-order chi connectivity index (χ1) is 14.2. The van der Waals surface area contributed by atoms with E-state index in [4.69, 9.17) is 9.26 Å². The van der Waals surface area contributed by atoms with Gasteiger partial charge in [-0.05, 0) is 49.1 Å². The second-order valence-electron chi connectivity index (χ2n) is 7.67. The van der Waals surface area contributed by atoms with Crippen molar-refractivity contribution in [2.24, 2.45) is 0 Å². The van der Waals surface area contributed by atoms with Crippen LogP contribution in [0.15, 0.2) is 51.5 Å². The van der Waals surface area contributed by atoms with E-state index >= 15 is 0 Å². The maximum absolute atomic E-state index is 12.8. The minimum atomic E-state index is -0.637. The molecule has 0 saturated carbocycles. The smallest absolute Gasteiger partial charge is 0.263 e. The summed E-state index contributed by atoms with van der Waals surface area (Å²) < 4.78 is 12.3. The number of halogens is 1. The van der Waals surface area contributed by atoms with Gasteiger partial charge in [0.15, 0.2) is 6.10 Å². The van der Waals surface area contributed by atoms with Crippen molar-refractivity contribution in [3.05, 3.63) is 64.0 Å². The Hall–Kier alpha value is -2.67. The van der Waals surface area contributed by atoms with E-state index in [1.807, 2.05) is 37.3 Å². The fraction of sp³-hybridized carbons (Fsp3) is 0.348. The van der Waals surface area contributed by atoms with Crippen molar-refractivity contribution in [3.63, 3.8) is 0 Å². The van der Waals surface area contributed by atoms with Crippen molar-refractivity contribution in [2.75, 3.05) is 7.05 Å². The molecule has 0 fully saturated rings. The van der Waals surface area contributed by atoms with E-state index in [1.165, 1.54) is 4.90 Å². The van der Waals surface area contributed by atoms with Crippen LogP contribution in [0.4, 0.5) is 0 Å². The predicted molar refractivity (Wildman–Crippen MR) is 119 cm³/mol. The maximum atomic E-state index is 12.8. The van der Waals surface area contributed by atoms with E-state index < -0.39 is 6.10 Å². The molecule has 0 aliphatic heterocycles. The number of rotatable bonds is 7. The van der Waals surface area contributed by atoms with Crippen LogP contribution in [0.1, 0.15) is 43.7 Å². The molecule has 1 amide bonds. The molecule has 0 radical (unpaired) electrons. The average Bonchev–Trinajstić information content (AvgIpc) is 3.15. The summed E-state index contributed by atoms with van der Waals surface area (Å²) in [5, 5.41) is 4.02. The number of ether oxygens (including phenoxy) is 1. The minimum Gasteiger partial charge on any atom is -0.481 e. The molecule has 3 aromatic rings. The summed E-state index contributed by atoms with van der Waals surface area (Å²) in [6, 6.07) is 13.7. The quantitative estimate of drug-likeness (QED) is 0.463. The molecule has 3 rings (SSSR count). The lowest BCUT2D eigenvalue weighted by Gasteiger charge is -2.23. The summed E-state index contributed by atoms with van der Waals surface area (Å²) in [5.74, 6) is 1.74. The van der Waals surface area contributed by atoms with Crippen LogP contribution in [-0.2, 0) is 11.3 Å². The molecule has 0 aliphatic rings. The number of carbonyl (C=O) groups is 1. The lowest BCUT2D eigenvalue weighted by Crippen LogP contribution is -2.37. The molecule has 30 heavy (non-hydrogen) atoms. The van der Waals surface area contributed by atoms with Gasteiger partial charge in [-0.1, -0.05) is 59.2 Å². The molecule has 2 aromatic carbocycles. The molecular weight excluding hydrogens is 446 g/mol. The first-order valence-electron chi connectivity index (χ1n) is 9.85. The van der Waals surface area contributed by atoms with Gasteiger partial charge >= 0.3 is 0 Å². The number of carbonyl (C=O) groups excluding carboxylic acids is 1. The van der Waals surface area contributed by atoms with Gasteiger partial charge in [0.25, 0.3) is 5.91 Å². The molecule has 0 spiro atoms. The Bertz CT molecular complexity index is 1030. The standard InChI is InChI=1S/C23H26BrN3O3/c1-14(2)19-10-9-15(3)11-20(19)29-16(4)23(28)27(5)13-21-25-22(26-30-21)17-7-6-8-18(24)12-17/h6-12,14,16H,13H2,1-5H3. The van der Waals surface area contributed by atoms with E-state index in [-0.39, 0.29) is 12.5 Å². The summed E-state index contributed by atoms with van der Waals surface area (Å²) in [4.78, 5) is 18.8. The van der Waals surface area contributed by atoms with Crippen LogP contribution in [0.5, 0.6) is 5.75 Å². The number of hydrogen-bond donors (Lipinski definition) is 0. The fourth-order valence-electron chi connectivity index (χ4n) is 3.12. The van der Waals surface area contributed by atoms with Crippen molar-refractivity contribution in [1.82, 2.24) is 15.0 Å². The number of nitrogens with zero attached hydrogens (tertiary/aromatic N) is 3. The SMILES string of the molecule is Cc1ccc(C(C)C)c(OC(C)C(=O)N(C)Cc2nc(-c3cccc(Br)c3)no2)c1. The first kappa shape index (κ1) is 22.0. The third-order valence-electron chi connectivity index (χ3n) is 4.74. The monoisotopic (exact) mass is 471 g/mol. The van der Waals surface area contributed by atoms with Crippen molar-refractivity contribution in [1.29, 1.82) is 0 Å². The van der Waals surface area contributed by atoms with Gasteiger partial charge in [-0.25, -0.2) is 0 Å². The van der Waals surface area contributed by atoms with E-state index in [1.54, 1.807) is 14.0 Å². The van der Waals surface area contributed by atoms with E-state index in [9.17, 15) is 4.79 Å². The van der Waals surface area contributed by atoms with Gasteiger partial charge in [-0.3, -0.25) is 4.79 Å². The molecular formula is C23H26BrN3O3. The van der Waals surface area contributed by atoms with Crippen molar-refractivity contribution in [2.45, 2.75) is 46.3 Å². The number of aryl methyl sites for hydroxylation is 1. The molecule has 1 unspecified atom stereocenters. The second-order valence-corrected chi connectivity index (χ2v) is 8.59. The highest BCUT2D eigenvalue weighted by Gasteiger charge is 2.23. The van der Waals surface area contributed by atoms with Crippen molar-refractivity contribution < 1.29 is 14.1 Å². The van der Waals surface area contributed by atoms with Gasteiger partial charge in [0.05, 0.1) is 6.54 Å². The Labute approximate surface area is 185 Å². The largest absolute Gasteiger partial charge is 0.481 e. The molecule has 0 bridgehead atoms. The number of aromatic nitrogens is 2. The van der Waals surface area contributed by atoms with Gasteiger partial charge in [-0.15, -0.1) is 0 Å². The zero-order valence-electron chi connectivity index (χ0n) is 17.8. The Kier molecular flexibility index (Phi) is 6.92. The van der Waals surface area contributed by atoms with Gasteiger partial charge in [0.1, 0.15) is 5.75 Å². The summed E-state index contributed by atoms with van der Waals surface area (Å²) in [5.41, 5.74) is 3.01. The first-order valence-corrected chi connectivity index (χ1v) is 10.6. The van der Waals surface area contributed by atoms with Crippen molar-refractivity contribution >= 4 is 21.8 Å². The highest BCUT2D eigenvalue weighted by atomic mass is 79.9. The Balaban J connectivity index is 1.67. The minimum absolute atomic E-state index is 0.159. The molecule has 1 atom stereocenters. The zero-order chi connectivity index (χ0) is 21.8. The van der Waals surface area contributed by atoms with Crippen LogP contribution >= 0.6 is 15.9 Å². The number of amides is 1. The lowest BCUT2D eigenvalue weighted by molar-refractivity contribution is -0.137. The summed E-state index contributed by atoms with van der Waals surface area (Å²) in [6.45, 7) is 8.18. The number of hydrogen-bond acceptors (Lipinski definition) is 5. The molecule has 1 aromatic heterocycles. The summed E-state index contributed by atoms with van der Waals surface area (Å²) >= 11 is 3.43. The number of likely N-dealkylation sites (N-methyl/N-ethyl adjacent to an activating group) is 1. The lowest BCUT2D eigenvalue weighted by atomic mass is 10.0. The van der Waals surface area contributed by atoms with Gasteiger partial charge < -0.3 is 14.2 Å². The van der Waals surface area contributed by atoms with Crippen LogP contribution < -0.4 is 4.74 Å². The Morgan fingerprint density at radius 1 is 1.20 bits per heavy atom. The Morgan fingerprint density at radius 3 is 2.67 bits per heavy atom. The highest BCUT2D eigenvalue weighted by molar-refractivity contribution is 9.10. The van der Waals surface area contributed by atoms with E-state index in [2.05, 4.69) is 52.1 Å². The van der Waals surface area contributed by atoms with Crippen LogP contribution in [-0.4, -0.2) is 34.1 Å². The molecule has 0 aliphatic carbocycles. The zero-order valence-corrected chi connectivity index (χ0v) is 19.4. The third kappa shape index (κ3) is 5.27. The maximum Gasteiger partial charge on any atom is 0.263 e. The molecule has 158 valence electrons. The molecule has 6 nitrogen and oxygen atoms in total. The highest BCUT2D eigenvalue weighted by Crippen LogP contribution is 2.28. The van der Waals surface area contributed by atoms with Gasteiger partial charge in [0, 0.05) is 17.1 Å². The van der Waals surface area contributed by atoms with E-state index in [0.717, 1.165) is 26.9 Å². The van der Waals surface area contributed by atoms with Gasteiger partial charge in [-0.2, -0.15) is 4.98 Å². The molecule has 1 heterocycles. The predicted octanol–water partition coefficient (Wildman–Crippen LogP) is 5.36. The molecule has 0 saturated heterocycles. The second kappa shape index (κ2) is 9.43. The van der Waals surface area contributed by atoms with Gasteiger partial charge in [0.2, 0.25) is 11.7 Å². The van der Waals surface area contributed by atoms with E-state index in [0.29, 0.717) is 17.6 Å². The fourth-order valence-corrected chi connectivity index (χ4v) is 3.52. The normalized spacial score (nSPS) is 12.1. The molecule has 0 N–H and O–H groups in total. The average molecular weight is 472 g/mol. The third-order valence-corrected chi connectivity index (χ3v) is 5.24. The van der Waals surface area contributed by atoms with Crippen LogP contribution in [0.3, 0.4) is 0 Å². The summed E-state index contributed by atoms with van der Waals surface area (Å²) in [6.07, 6.45) is -0.637. The number of benzene rings is 2.